The molecule has 0 fully saturated rings. The Morgan fingerprint density at radius 2 is 1.93 bits per heavy atom. The molecule has 0 radical (unpaired) electrons. The van der Waals surface area contributed by atoms with Crippen molar-refractivity contribution in [2.24, 2.45) is 10.4 Å². The largest absolute Gasteiger partial charge is 0.357 e. The molecular weight excluding hydrogens is 485 g/mol. The van der Waals surface area contributed by atoms with Gasteiger partial charge in [0.05, 0.1) is 5.75 Å². The number of sulfone groups is 1. The quantitative estimate of drug-likeness (QED) is 0.338. The number of hydrogen-bond acceptors (Lipinski definition) is 3. The molecule has 0 aliphatic carbocycles. The van der Waals surface area contributed by atoms with E-state index in [1.54, 1.807) is 0 Å². The molecule has 0 atom stereocenters. The van der Waals surface area contributed by atoms with E-state index in [1.807, 2.05) is 6.07 Å². The smallest absolute Gasteiger partial charge is 0.194 e. The molecule has 1 N–H and O–H groups in total. The van der Waals surface area contributed by atoms with Crippen molar-refractivity contribution in [3.63, 3.8) is 0 Å². The van der Waals surface area contributed by atoms with Gasteiger partial charge in [-0.1, -0.05) is 50.3 Å². The van der Waals surface area contributed by atoms with E-state index < -0.39 is 9.84 Å². The summed E-state index contributed by atoms with van der Waals surface area (Å²) in [5.74, 6) is 1.12. The van der Waals surface area contributed by atoms with Crippen LogP contribution in [0.1, 0.15) is 39.2 Å². The van der Waals surface area contributed by atoms with Crippen molar-refractivity contribution >= 4 is 45.3 Å². The molecule has 0 saturated carbocycles. The molecule has 158 valence electrons. The summed E-state index contributed by atoms with van der Waals surface area (Å²) in [6, 6.07) is 10.5. The minimum absolute atomic E-state index is 0. The van der Waals surface area contributed by atoms with E-state index in [9.17, 15) is 8.42 Å². The molecule has 2 rings (SSSR count). The maximum Gasteiger partial charge on any atom is 0.194 e. The van der Waals surface area contributed by atoms with Gasteiger partial charge in [0.25, 0.3) is 0 Å². The minimum atomic E-state index is -2.94. The third-order valence-electron chi connectivity index (χ3n) is 4.79. The van der Waals surface area contributed by atoms with E-state index in [0.717, 1.165) is 32.0 Å². The average Bonchev–Trinajstić information content (AvgIpc) is 2.64. The number of aliphatic imine (C=N–C) groups is 1. The first-order valence-corrected chi connectivity index (χ1v) is 11.7. The van der Waals surface area contributed by atoms with E-state index in [2.05, 4.69) is 61.3 Å². The van der Waals surface area contributed by atoms with Crippen LogP contribution in [0.2, 0.25) is 0 Å². The molecule has 0 bridgehead atoms. The predicted octanol–water partition coefficient (Wildman–Crippen LogP) is 3.82. The minimum Gasteiger partial charge on any atom is -0.357 e. The predicted molar refractivity (Wildman–Crippen MR) is 130 cm³/mol. The second-order valence-electron chi connectivity index (χ2n) is 8.01. The summed E-state index contributed by atoms with van der Waals surface area (Å²) in [6.45, 7) is 9.41. The Morgan fingerprint density at radius 1 is 1.25 bits per heavy atom. The lowest BCUT2D eigenvalue weighted by Gasteiger charge is -2.31. The standard InChI is InChI=1S/C21H33N3O2S.HI/c1-5-22-20(23-17-21(2,3)13-16-27(4,25)26)24-14-11-19(12-15-24)18-9-7-6-8-10-18;/h6-11H,5,12-17H2,1-4H3,(H,22,23);1H. The molecule has 1 aliphatic heterocycles. The highest BCUT2D eigenvalue weighted by molar-refractivity contribution is 14.0. The molecule has 1 heterocycles. The molecule has 1 aromatic rings. The first kappa shape index (κ1) is 24.9. The van der Waals surface area contributed by atoms with Crippen LogP contribution >= 0.6 is 24.0 Å². The second kappa shape index (κ2) is 11.2. The summed E-state index contributed by atoms with van der Waals surface area (Å²) in [7, 11) is -2.94. The Balaban J connectivity index is 0.00000392. The molecule has 0 amide bonds. The Morgan fingerprint density at radius 3 is 2.46 bits per heavy atom. The van der Waals surface area contributed by atoms with Crippen molar-refractivity contribution in [2.45, 2.75) is 33.6 Å². The Hall–Kier alpha value is -1.09. The van der Waals surface area contributed by atoms with E-state index in [4.69, 9.17) is 4.99 Å². The zero-order chi connectivity index (χ0) is 19.9. The molecule has 0 aromatic heterocycles. The lowest BCUT2D eigenvalue weighted by Crippen LogP contribution is -2.44. The van der Waals surface area contributed by atoms with E-state index in [0.29, 0.717) is 13.0 Å². The molecule has 7 heteroatoms. The number of nitrogens with one attached hydrogen (secondary N) is 1. The van der Waals surface area contributed by atoms with Gasteiger partial charge in [-0.2, -0.15) is 0 Å². The fraction of sp³-hybridized carbons (Fsp3) is 0.571. The molecule has 1 aromatic carbocycles. The summed E-state index contributed by atoms with van der Waals surface area (Å²) in [4.78, 5) is 7.08. The van der Waals surface area contributed by atoms with Gasteiger partial charge < -0.3 is 10.2 Å². The highest BCUT2D eigenvalue weighted by Crippen LogP contribution is 2.24. The van der Waals surface area contributed by atoms with Crippen LogP contribution in [0, 0.1) is 5.41 Å². The van der Waals surface area contributed by atoms with Crippen LogP contribution in [0.4, 0.5) is 0 Å². The van der Waals surface area contributed by atoms with Crippen LogP contribution in [0.3, 0.4) is 0 Å². The lowest BCUT2D eigenvalue weighted by molar-refractivity contribution is 0.359. The topological polar surface area (TPSA) is 61.8 Å². The second-order valence-corrected chi connectivity index (χ2v) is 10.3. The Kier molecular flexibility index (Phi) is 9.97. The van der Waals surface area contributed by atoms with Gasteiger partial charge in [-0.3, -0.25) is 4.99 Å². The summed E-state index contributed by atoms with van der Waals surface area (Å²) in [6.07, 6.45) is 5.18. The molecule has 1 aliphatic rings. The van der Waals surface area contributed by atoms with Gasteiger partial charge in [0.15, 0.2) is 5.96 Å². The molecule has 28 heavy (non-hydrogen) atoms. The number of nitrogens with zero attached hydrogens (tertiary/aromatic N) is 2. The van der Waals surface area contributed by atoms with Gasteiger partial charge in [0.1, 0.15) is 9.84 Å². The van der Waals surface area contributed by atoms with Crippen LogP contribution < -0.4 is 5.32 Å². The van der Waals surface area contributed by atoms with Crippen molar-refractivity contribution in [1.29, 1.82) is 0 Å². The van der Waals surface area contributed by atoms with Gasteiger partial charge in [-0.25, -0.2) is 8.42 Å². The van der Waals surface area contributed by atoms with Crippen LogP contribution in [0.25, 0.3) is 5.57 Å². The monoisotopic (exact) mass is 519 g/mol. The molecule has 0 spiro atoms. The summed E-state index contributed by atoms with van der Waals surface area (Å²) in [5, 5.41) is 3.38. The number of hydrogen-bond donors (Lipinski definition) is 1. The van der Waals surface area contributed by atoms with Crippen molar-refractivity contribution in [3.8, 4) is 0 Å². The maximum atomic E-state index is 11.5. The number of guanidine groups is 1. The molecule has 5 nitrogen and oxygen atoms in total. The van der Waals surface area contributed by atoms with Gasteiger partial charge in [-0.15, -0.1) is 24.0 Å². The normalized spacial score (nSPS) is 15.6. The van der Waals surface area contributed by atoms with E-state index >= 15 is 0 Å². The molecule has 0 saturated heterocycles. The number of benzene rings is 1. The highest BCUT2D eigenvalue weighted by atomic mass is 127. The Labute approximate surface area is 187 Å². The lowest BCUT2D eigenvalue weighted by atomic mass is 9.90. The van der Waals surface area contributed by atoms with Crippen LogP contribution in [-0.2, 0) is 9.84 Å². The molecular formula is C21H34IN3O2S. The summed E-state index contributed by atoms with van der Waals surface area (Å²) in [5.41, 5.74) is 2.53. The fourth-order valence-electron chi connectivity index (χ4n) is 3.03. The zero-order valence-corrected chi connectivity index (χ0v) is 20.6. The first-order valence-electron chi connectivity index (χ1n) is 9.66. The molecule has 0 unspecified atom stereocenters. The SMILES string of the molecule is CCNC(=NCC(C)(C)CCS(C)(=O)=O)N1CC=C(c2ccccc2)CC1.I. The highest BCUT2D eigenvalue weighted by Gasteiger charge is 2.22. The zero-order valence-electron chi connectivity index (χ0n) is 17.4. The van der Waals surface area contributed by atoms with Crippen molar-refractivity contribution in [2.75, 3.05) is 38.2 Å². The number of rotatable bonds is 7. The fourth-order valence-corrected chi connectivity index (χ4v) is 3.95. The number of halogens is 1. The maximum absolute atomic E-state index is 11.5. The van der Waals surface area contributed by atoms with Crippen molar-refractivity contribution in [3.05, 3.63) is 42.0 Å². The van der Waals surface area contributed by atoms with Crippen LogP contribution in [0.5, 0.6) is 0 Å². The van der Waals surface area contributed by atoms with E-state index in [1.165, 1.54) is 17.4 Å². The third-order valence-corrected chi connectivity index (χ3v) is 5.74. The van der Waals surface area contributed by atoms with Crippen molar-refractivity contribution in [1.82, 2.24) is 10.2 Å². The van der Waals surface area contributed by atoms with Gasteiger partial charge >= 0.3 is 0 Å². The van der Waals surface area contributed by atoms with Gasteiger partial charge in [-0.05, 0) is 36.3 Å². The first-order chi connectivity index (χ1) is 12.7. The van der Waals surface area contributed by atoms with Crippen LogP contribution in [0.15, 0.2) is 41.4 Å². The van der Waals surface area contributed by atoms with E-state index in [-0.39, 0.29) is 35.1 Å². The Bertz CT molecular complexity index is 774. The summed E-state index contributed by atoms with van der Waals surface area (Å²) >= 11 is 0. The van der Waals surface area contributed by atoms with Gasteiger partial charge in [0.2, 0.25) is 0 Å². The average molecular weight is 519 g/mol. The third kappa shape index (κ3) is 8.51. The van der Waals surface area contributed by atoms with Gasteiger partial charge in [0, 0.05) is 32.4 Å². The summed E-state index contributed by atoms with van der Waals surface area (Å²) < 4.78 is 22.9. The van der Waals surface area contributed by atoms with Crippen LogP contribution in [-0.4, -0.2) is 57.5 Å². The van der Waals surface area contributed by atoms with Crippen molar-refractivity contribution < 1.29 is 8.42 Å².